The lowest BCUT2D eigenvalue weighted by Gasteiger charge is -2.26. The van der Waals surface area contributed by atoms with Gasteiger partial charge in [-0.3, -0.25) is 14.5 Å². The molecule has 35 heavy (non-hydrogen) atoms. The maximum Gasteiger partial charge on any atom is 0.300 e. The molecule has 1 heterocycles. The summed E-state index contributed by atoms with van der Waals surface area (Å²) in [4.78, 5) is 27.5. The number of aryl methyl sites for hydroxylation is 2. The second-order valence-electron chi connectivity index (χ2n) is 8.77. The number of benzene rings is 3. The van der Waals surface area contributed by atoms with E-state index in [1.807, 2.05) is 33.8 Å². The minimum absolute atomic E-state index is 0.00941. The van der Waals surface area contributed by atoms with Crippen LogP contribution in [0.4, 0.5) is 14.5 Å². The lowest BCUT2D eigenvalue weighted by Crippen LogP contribution is -2.30. The van der Waals surface area contributed by atoms with Gasteiger partial charge in [0, 0.05) is 17.3 Å². The lowest BCUT2D eigenvalue weighted by atomic mass is 9.92. The molecule has 4 rings (SSSR count). The Morgan fingerprint density at radius 2 is 1.66 bits per heavy atom. The molecule has 0 aromatic heterocycles. The van der Waals surface area contributed by atoms with E-state index in [2.05, 4.69) is 0 Å². The summed E-state index contributed by atoms with van der Waals surface area (Å²) in [5.41, 5.74) is 2.29. The van der Waals surface area contributed by atoms with Crippen molar-refractivity contribution in [2.45, 2.75) is 39.8 Å². The Morgan fingerprint density at radius 3 is 2.29 bits per heavy atom. The molecule has 1 N–H and O–H groups in total. The highest BCUT2D eigenvalue weighted by molar-refractivity contribution is 6.51. The number of amides is 1. The normalized spacial score (nSPS) is 17.3. The van der Waals surface area contributed by atoms with Crippen LogP contribution < -0.4 is 9.64 Å². The summed E-state index contributed by atoms with van der Waals surface area (Å²) in [6.45, 7) is 7.42. The van der Waals surface area contributed by atoms with Gasteiger partial charge in [-0.25, -0.2) is 8.78 Å². The van der Waals surface area contributed by atoms with E-state index in [0.717, 1.165) is 28.2 Å². The van der Waals surface area contributed by atoms with Crippen molar-refractivity contribution in [1.82, 2.24) is 0 Å². The number of carbonyl (C=O) groups is 2. The summed E-state index contributed by atoms with van der Waals surface area (Å²) >= 11 is 0. The van der Waals surface area contributed by atoms with E-state index in [0.29, 0.717) is 16.9 Å². The number of carbonyl (C=O) groups excluding carboxylic acids is 2. The monoisotopic (exact) mass is 477 g/mol. The van der Waals surface area contributed by atoms with Crippen LogP contribution in [0.3, 0.4) is 0 Å². The molecule has 1 fully saturated rings. The standard InChI is InChI=1S/C28H25F2NO4/c1-15(2)35-23-12-9-18(13-17(23)4)26(32)24-25(20-8-6-5-7-16(20)3)31(28(34)27(24)33)19-10-11-21(29)22(30)14-19/h5-15,25,32H,1-4H3/b26-24+. The summed E-state index contributed by atoms with van der Waals surface area (Å²) < 4.78 is 33.5. The predicted octanol–water partition coefficient (Wildman–Crippen LogP) is 6.00. The zero-order chi connectivity index (χ0) is 25.4. The van der Waals surface area contributed by atoms with Gasteiger partial charge in [0.15, 0.2) is 11.6 Å². The lowest BCUT2D eigenvalue weighted by molar-refractivity contribution is -0.132. The van der Waals surface area contributed by atoms with Crippen LogP contribution in [0.25, 0.3) is 5.76 Å². The highest BCUT2D eigenvalue weighted by Crippen LogP contribution is 2.43. The van der Waals surface area contributed by atoms with Crippen molar-refractivity contribution >= 4 is 23.1 Å². The molecule has 0 aliphatic carbocycles. The van der Waals surface area contributed by atoms with Crippen LogP contribution in [-0.4, -0.2) is 22.9 Å². The van der Waals surface area contributed by atoms with Crippen molar-refractivity contribution in [3.05, 3.63) is 100 Å². The maximum absolute atomic E-state index is 14.1. The molecule has 1 amide bonds. The minimum Gasteiger partial charge on any atom is -0.507 e. The van der Waals surface area contributed by atoms with Crippen molar-refractivity contribution in [3.8, 4) is 5.75 Å². The first kappa shape index (κ1) is 24.1. The van der Waals surface area contributed by atoms with Crippen LogP contribution in [0.1, 0.15) is 42.1 Å². The number of hydrogen-bond donors (Lipinski definition) is 1. The van der Waals surface area contributed by atoms with Crippen molar-refractivity contribution in [2.24, 2.45) is 0 Å². The fourth-order valence-electron chi connectivity index (χ4n) is 4.26. The number of Topliss-reactive ketones (excluding diaryl/α,β-unsaturated/α-hetero) is 1. The summed E-state index contributed by atoms with van der Waals surface area (Å²) in [7, 11) is 0. The molecular formula is C28H25F2NO4. The van der Waals surface area contributed by atoms with Crippen LogP contribution in [0.2, 0.25) is 0 Å². The van der Waals surface area contributed by atoms with Gasteiger partial charge in [-0.15, -0.1) is 0 Å². The molecule has 7 heteroatoms. The number of nitrogens with zero attached hydrogens (tertiary/aromatic N) is 1. The van der Waals surface area contributed by atoms with Gasteiger partial charge in [0.25, 0.3) is 11.7 Å². The van der Waals surface area contributed by atoms with Crippen LogP contribution in [0.15, 0.2) is 66.2 Å². The first-order valence-electron chi connectivity index (χ1n) is 11.2. The van der Waals surface area contributed by atoms with Crippen molar-refractivity contribution in [1.29, 1.82) is 0 Å². The molecule has 5 nitrogen and oxygen atoms in total. The van der Waals surface area contributed by atoms with E-state index in [1.165, 1.54) is 6.07 Å². The molecule has 0 spiro atoms. The average Bonchev–Trinajstić information content (AvgIpc) is 3.07. The van der Waals surface area contributed by atoms with Gasteiger partial charge >= 0.3 is 0 Å². The third kappa shape index (κ3) is 4.41. The predicted molar refractivity (Wildman–Crippen MR) is 129 cm³/mol. The molecule has 1 unspecified atom stereocenters. The maximum atomic E-state index is 14.1. The van der Waals surface area contributed by atoms with Gasteiger partial charge < -0.3 is 9.84 Å². The Labute approximate surface area is 202 Å². The van der Waals surface area contributed by atoms with Gasteiger partial charge in [-0.2, -0.15) is 0 Å². The zero-order valence-corrected chi connectivity index (χ0v) is 19.8. The fraction of sp³-hybridized carbons (Fsp3) is 0.214. The number of ketones is 1. The van der Waals surface area contributed by atoms with E-state index in [9.17, 15) is 23.5 Å². The fourth-order valence-corrected chi connectivity index (χ4v) is 4.26. The Morgan fingerprint density at radius 1 is 0.943 bits per heavy atom. The quantitative estimate of drug-likeness (QED) is 0.278. The number of ether oxygens (including phenoxy) is 1. The van der Waals surface area contributed by atoms with Gasteiger partial charge in [-0.1, -0.05) is 24.3 Å². The largest absolute Gasteiger partial charge is 0.507 e. The van der Waals surface area contributed by atoms with Crippen molar-refractivity contribution in [2.75, 3.05) is 4.90 Å². The van der Waals surface area contributed by atoms with E-state index >= 15 is 0 Å². The van der Waals surface area contributed by atoms with E-state index in [4.69, 9.17) is 4.74 Å². The summed E-state index contributed by atoms with van der Waals surface area (Å²) in [5, 5.41) is 11.3. The van der Waals surface area contributed by atoms with Gasteiger partial charge in [0.1, 0.15) is 11.5 Å². The Hall–Kier alpha value is -4.00. The molecule has 1 atom stereocenters. The van der Waals surface area contributed by atoms with Gasteiger partial charge in [0.05, 0.1) is 17.7 Å². The number of aliphatic hydroxyl groups excluding tert-OH is 1. The van der Waals surface area contributed by atoms with Crippen molar-refractivity contribution in [3.63, 3.8) is 0 Å². The number of anilines is 1. The third-order valence-corrected chi connectivity index (χ3v) is 5.92. The molecule has 180 valence electrons. The third-order valence-electron chi connectivity index (χ3n) is 5.92. The molecule has 1 aliphatic heterocycles. The van der Waals surface area contributed by atoms with Crippen LogP contribution in [-0.2, 0) is 9.59 Å². The summed E-state index contributed by atoms with van der Waals surface area (Å²) in [5.74, 6) is -3.81. The van der Waals surface area contributed by atoms with Crippen LogP contribution in [0.5, 0.6) is 5.75 Å². The van der Waals surface area contributed by atoms with Crippen LogP contribution >= 0.6 is 0 Å². The number of rotatable bonds is 5. The smallest absolute Gasteiger partial charge is 0.300 e. The molecule has 1 aliphatic rings. The average molecular weight is 478 g/mol. The van der Waals surface area contributed by atoms with Crippen molar-refractivity contribution < 1.29 is 28.2 Å². The summed E-state index contributed by atoms with van der Waals surface area (Å²) in [6.07, 6.45) is -0.0457. The van der Waals surface area contributed by atoms with E-state index in [1.54, 1.807) is 36.4 Å². The highest BCUT2D eigenvalue weighted by Gasteiger charge is 2.47. The first-order valence-corrected chi connectivity index (χ1v) is 11.2. The first-order chi connectivity index (χ1) is 16.6. The van der Waals surface area contributed by atoms with Gasteiger partial charge in [-0.05, 0) is 74.7 Å². The molecule has 1 saturated heterocycles. The number of aliphatic hydroxyl groups is 1. The number of hydrogen-bond acceptors (Lipinski definition) is 4. The SMILES string of the molecule is Cc1cc(/C(O)=C2\C(=O)C(=O)N(c3ccc(F)c(F)c3)C2c2ccccc2C)ccc1OC(C)C. The topological polar surface area (TPSA) is 66.8 Å². The molecule has 0 saturated carbocycles. The molecule has 0 radical (unpaired) electrons. The van der Waals surface area contributed by atoms with E-state index in [-0.39, 0.29) is 23.1 Å². The van der Waals surface area contributed by atoms with Gasteiger partial charge in [0.2, 0.25) is 0 Å². The second kappa shape index (κ2) is 9.33. The van der Waals surface area contributed by atoms with E-state index < -0.39 is 29.4 Å². The zero-order valence-electron chi connectivity index (χ0n) is 19.8. The molecular weight excluding hydrogens is 452 g/mol. The van der Waals surface area contributed by atoms with Crippen LogP contribution in [0, 0.1) is 25.5 Å². The number of halogens is 2. The molecule has 0 bridgehead atoms. The second-order valence-corrected chi connectivity index (χ2v) is 8.77. The molecule has 3 aromatic rings. The summed E-state index contributed by atoms with van der Waals surface area (Å²) in [6, 6.07) is 14.0. The highest BCUT2D eigenvalue weighted by atomic mass is 19.2. The Bertz CT molecular complexity index is 1360. The minimum atomic E-state index is -1.15. The Balaban J connectivity index is 1.92. The Kier molecular flexibility index (Phi) is 6.43. The molecule has 3 aromatic carbocycles.